The Bertz CT molecular complexity index is 1110. The maximum Gasteiger partial charge on any atom is 0.368 e. The van der Waals surface area contributed by atoms with Crippen LogP contribution in [-0.4, -0.2) is 27.7 Å². The van der Waals surface area contributed by atoms with Crippen LogP contribution in [0.1, 0.15) is 11.3 Å². The van der Waals surface area contributed by atoms with E-state index >= 15 is 0 Å². The van der Waals surface area contributed by atoms with Gasteiger partial charge in [0.15, 0.2) is 5.13 Å². The SMILES string of the molecule is Cc1nc(N(C)C(=O)Cc2ccc(-c3cc(F)ccc3F)cc2)sc1P(=O)(O)O. The summed E-state index contributed by atoms with van der Waals surface area (Å²) in [5.41, 5.74) is 1.43. The van der Waals surface area contributed by atoms with Crippen molar-refractivity contribution in [2.45, 2.75) is 13.3 Å². The molecule has 0 aliphatic rings. The van der Waals surface area contributed by atoms with Crippen LogP contribution in [0.25, 0.3) is 11.1 Å². The first kappa shape index (κ1) is 21.3. The number of thiazole rings is 1. The third-order valence-electron chi connectivity index (χ3n) is 4.24. The zero-order chi connectivity index (χ0) is 21.3. The Morgan fingerprint density at radius 2 is 1.83 bits per heavy atom. The maximum absolute atomic E-state index is 13.9. The van der Waals surface area contributed by atoms with Crippen LogP contribution < -0.4 is 9.52 Å². The van der Waals surface area contributed by atoms with Crippen molar-refractivity contribution in [2.24, 2.45) is 0 Å². The minimum absolute atomic E-state index is 0.00623. The molecule has 0 unspecified atom stereocenters. The highest BCUT2D eigenvalue weighted by molar-refractivity contribution is 7.67. The molecule has 10 heteroatoms. The summed E-state index contributed by atoms with van der Waals surface area (Å²) in [6.07, 6.45) is 0.00623. The van der Waals surface area contributed by atoms with Gasteiger partial charge in [0.2, 0.25) is 5.91 Å². The normalized spacial score (nSPS) is 11.5. The Morgan fingerprint density at radius 1 is 1.17 bits per heavy atom. The second kappa shape index (κ2) is 8.12. The minimum atomic E-state index is -4.45. The molecule has 0 saturated heterocycles. The summed E-state index contributed by atoms with van der Waals surface area (Å²) < 4.78 is 38.5. The van der Waals surface area contributed by atoms with Crippen molar-refractivity contribution in [2.75, 3.05) is 11.9 Å². The van der Waals surface area contributed by atoms with Crippen LogP contribution in [0.5, 0.6) is 0 Å². The molecule has 1 aromatic heterocycles. The number of nitrogens with zero attached hydrogens (tertiary/aromatic N) is 2. The number of carbonyl (C=O) groups is 1. The lowest BCUT2D eigenvalue weighted by Gasteiger charge is -2.14. The van der Waals surface area contributed by atoms with E-state index in [0.29, 0.717) is 11.1 Å². The Labute approximate surface area is 169 Å². The van der Waals surface area contributed by atoms with Crippen LogP contribution in [0.3, 0.4) is 0 Å². The van der Waals surface area contributed by atoms with Gasteiger partial charge in [0.05, 0.1) is 12.1 Å². The summed E-state index contributed by atoms with van der Waals surface area (Å²) in [7, 11) is -2.98. The second-order valence-electron chi connectivity index (χ2n) is 6.38. The lowest BCUT2D eigenvalue weighted by molar-refractivity contribution is -0.117. The molecule has 29 heavy (non-hydrogen) atoms. The monoisotopic (exact) mass is 438 g/mol. The molecular formula is C19H17F2N2O4PS. The molecule has 2 N–H and O–H groups in total. The molecule has 0 bridgehead atoms. The smallest absolute Gasteiger partial charge is 0.320 e. The number of amides is 1. The molecule has 0 saturated carbocycles. The Balaban J connectivity index is 1.75. The first-order valence-electron chi connectivity index (χ1n) is 8.40. The molecule has 2 aromatic carbocycles. The van der Waals surface area contributed by atoms with E-state index in [1.54, 1.807) is 24.3 Å². The summed E-state index contributed by atoms with van der Waals surface area (Å²) in [5, 5.41) is 0.185. The molecule has 3 rings (SSSR count). The molecule has 1 heterocycles. The van der Waals surface area contributed by atoms with Gasteiger partial charge in [-0.25, -0.2) is 13.8 Å². The molecular weight excluding hydrogens is 421 g/mol. The van der Waals surface area contributed by atoms with E-state index in [4.69, 9.17) is 0 Å². The number of aromatic nitrogens is 1. The van der Waals surface area contributed by atoms with Crippen molar-refractivity contribution in [3.05, 3.63) is 65.4 Å². The van der Waals surface area contributed by atoms with E-state index in [9.17, 15) is 27.9 Å². The van der Waals surface area contributed by atoms with Gasteiger partial charge in [0.1, 0.15) is 16.3 Å². The van der Waals surface area contributed by atoms with Crippen molar-refractivity contribution in [3.63, 3.8) is 0 Å². The van der Waals surface area contributed by atoms with Crippen molar-refractivity contribution in [3.8, 4) is 11.1 Å². The van der Waals surface area contributed by atoms with Gasteiger partial charge in [-0.2, -0.15) is 0 Å². The number of aryl methyl sites for hydroxylation is 1. The van der Waals surface area contributed by atoms with Crippen molar-refractivity contribution < 1.29 is 27.9 Å². The number of hydrogen-bond acceptors (Lipinski definition) is 4. The Morgan fingerprint density at radius 3 is 2.41 bits per heavy atom. The van der Waals surface area contributed by atoms with Crippen LogP contribution in [0, 0.1) is 18.6 Å². The first-order chi connectivity index (χ1) is 13.6. The Hall–Kier alpha value is -2.45. The van der Waals surface area contributed by atoms with Crippen LogP contribution in [-0.2, 0) is 15.8 Å². The third kappa shape index (κ3) is 4.76. The molecule has 0 fully saturated rings. The molecule has 1 amide bonds. The zero-order valence-electron chi connectivity index (χ0n) is 15.5. The average Bonchev–Trinajstić information content (AvgIpc) is 3.06. The standard InChI is InChI=1S/C19H17F2N2O4PS/c1-11-18(28(25,26)27)29-19(22-11)23(2)17(24)9-12-3-5-13(6-4-12)15-10-14(20)7-8-16(15)21/h3-8,10H,9H2,1-2H3,(H2,25,26,27). The number of hydrogen-bond donors (Lipinski definition) is 2. The molecule has 0 aliphatic carbocycles. The molecule has 0 radical (unpaired) electrons. The van der Waals surface area contributed by atoms with Crippen molar-refractivity contribution in [1.29, 1.82) is 0 Å². The number of likely N-dealkylation sites (N-methyl/N-ethyl adjacent to an activating group) is 1. The highest BCUT2D eigenvalue weighted by Crippen LogP contribution is 2.39. The average molecular weight is 438 g/mol. The highest BCUT2D eigenvalue weighted by Gasteiger charge is 2.27. The maximum atomic E-state index is 13.9. The van der Waals surface area contributed by atoms with E-state index in [1.807, 2.05) is 0 Å². The molecule has 0 spiro atoms. The largest absolute Gasteiger partial charge is 0.368 e. The zero-order valence-corrected chi connectivity index (χ0v) is 17.2. The molecule has 0 aliphatic heterocycles. The number of anilines is 1. The molecule has 6 nitrogen and oxygen atoms in total. The van der Waals surface area contributed by atoms with Gasteiger partial charge in [-0.3, -0.25) is 14.3 Å². The summed E-state index contributed by atoms with van der Waals surface area (Å²) in [6, 6.07) is 9.67. The van der Waals surface area contributed by atoms with Crippen LogP contribution in [0.2, 0.25) is 0 Å². The Kier molecular flexibility index (Phi) is 5.95. The number of benzene rings is 2. The van der Waals surface area contributed by atoms with Crippen molar-refractivity contribution in [1.82, 2.24) is 4.98 Å². The number of rotatable bonds is 5. The van der Waals surface area contributed by atoms with E-state index in [0.717, 1.165) is 29.5 Å². The summed E-state index contributed by atoms with van der Waals surface area (Å²) in [6.45, 7) is 1.47. The van der Waals surface area contributed by atoms with E-state index in [1.165, 1.54) is 18.9 Å². The molecule has 3 aromatic rings. The number of carbonyl (C=O) groups excluding carboxylic acids is 1. The van der Waals surface area contributed by atoms with Gasteiger partial charge >= 0.3 is 7.60 Å². The predicted octanol–water partition coefficient (Wildman–Crippen LogP) is 3.41. The van der Waals surface area contributed by atoms with Gasteiger partial charge in [-0.05, 0) is 36.2 Å². The molecule has 152 valence electrons. The summed E-state index contributed by atoms with van der Waals surface area (Å²) in [5.74, 6) is -1.42. The van der Waals surface area contributed by atoms with Gasteiger partial charge in [-0.15, -0.1) is 0 Å². The lowest BCUT2D eigenvalue weighted by atomic mass is 10.0. The van der Waals surface area contributed by atoms with Gasteiger partial charge in [-0.1, -0.05) is 35.6 Å². The first-order valence-corrected chi connectivity index (χ1v) is 10.8. The van der Waals surface area contributed by atoms with Crippen LogP contribution in [0.4, 0.5) is 13.9 Å². The highest BCUT2D eigenvalue weighted by atomic mass is 32.1. The molecule has 0 atom stereocenters. The van der Waals surface area contributed by atoms with E-state index < -0.39 is 19.2 Å². The van der Waals surface area contributed by atoms with Gasteiger partial charge < -0.3 is 9.79 Å². The van der Waals surface area contributed by atoms with E-state index in [-0.39, 0.29) is 33.3 Å². The second-order valence-corrected chi connectivity index (χ2v) is 9.20. The van der Waals surface area contributed by atoms with Gasteiger partial charge in [0, 0.05) is 12.6 Å². The van der Waals surface area contributed by atoms with Crippen molar-refractivity contribution >= 4 is 34.6 Å². The lowest BCUT2D eigenvalue weighted by Crippen LogP contribution is -2.27. The fourth-order valence-electron chi connectivity index (χ4n) is 2.71. The third-order valence-corrected chi connectivity index (χ3v) is 7.11. The summed E-state index contributed by atoms with van der Waals surface area (Å²) >= 11 is 0.770. The predicted molar refractivity (Wildman–Crippen MR) is 107 cm³/mol. The summed E-state index contributed by atoms with van der Waals surface area (Å²) in [4.78, 5) is 36.5. The van der Waals surface area contributed by atoms with Crippen LogP contribution in [0.15, 0.2) is 42.5 Å². The number of halogens is 2. The fraction of sp³-hybridized carbons (Fsp3) is 0.158. The van der Waals surface area contributed by atoms with E-state index in [2.05, 4.69) is 4.98 Å². The minimum Gasteiger partial charge on any atom is -0.320 e. The van der Waals surface area contributed by atoms with Crippen LogP contribution >= 0.6 is 18.9 Å². The fourth-order valence-corrected chi connectivity index (χ4v) is 4.69. The van der Waals surface area contributed by atoms with Gasteiger partial charge in [0.25, 0.3) is 0 Å². The topological polar surface area (TPSA) is 90.7 Å². The quantitative estimate of drug-likeness (QED) is 0.596.